The summed E-state index contributed by atoms with van der Waals surface area (Å²) in [4.78, 5) is 0. The minimum Gasteiger partial charge on any atom is -1.00 e. The van der Waals surface area contributed by atoms with Crippen molar-refractivity contribution in [2.45, 2.75) is 25.8 Å². The Balaban J connectivity index is 0.00000196. The van der Waals surface area contributed by atoms with Crippen LogP contribution in [0.5, 0.6) is 0 Å². The lowest BCUT2D eigenvalue weighted by Gasteiger charge is -2.22. The van der Waals surface area contributed by atoms with Gasteiger partial charge in [0.1, 0.15) is 0 Å². The Morgan fingerprint density at radius 2 is 1.80 bits per heavy atom. The van der Waals surface area contributed by atoms with E-state index in [0.717, 1.165) is 18.8 Å². The summed E-state index contributed by atoms with van der Waals surface area (Å²) in [6.07, 6.45) is 1.09. The molecule has 0 spiro atoms. The Morgan fingerprint density at radius 1 is 1.20 bits per heavy atom. The summed E-state index contributed by atoms with van der Waals surface area (Å²) in [6, 6.07) is 10.6. The van der Waals surface area contributed by atoms with E-state index in [0.29, 0.717) is 0 Å². The van der Waals surface area contributed by atoms with Crippen LogP contribution in [0.4, 0.5) is 0 Å². The molecule has 1 aromatic carbocycles. The molecule has 0 saturated heterocycles. The summed E-state index contributed by atoms with van der Waals surface area (Å²) in [5, 5.41) is 2.31. The number of hydrogen-bond donors (Lipinski definition) is 1. The number of rotatable bonds is 5. The molecule has 0 aliphatic carbocycles. The fourth-order valence-electron chi connectivity index (χ4n) is 1.64. The van der Waals surface area contributed by atoms with Crippen LogP contribution in [0.15, 0.2) is 30.3 Å². The maximum Gasteiger partial charge on any atom is 0.0945 e. The van der Waals surface area contributed by atoms with E-state index in [9.17, 15) is 0 Å². The summed E-state index contributed by atoms with van der Waals surface area (Å²) >= 11 is 5.68. The first kappa shape index (κ1) is 14.8. The van der Waals surface area contributed by atoms with Gasteiger partial charge in [0.25, 0.3) is 0 Å². The van der Waals surface area contributed by atoms with Gasteiger partial charge in [0.2, 0.25) is 0 Å². The van der Waals surface area contributed by atoms with E-state index in [1.54, 1.807) is 0 Å². The third kappa shape index (κ3) is 6.03. The highest BCUT2D eigenvalue weighted by Gasteiger charge is 2.20. The Morgan fingerprint density at radius 3 is 2.33 bits per heavy atom. The second-order valence-corrected chi connectivity index (χ2v) is 4.71. The van der Waals surface area contributed by atoms with Gasteiger partial charge in [-0.1, -0.05) is 30.3 Å². The molecule has 0 radical (unpaired) electrons. The van der Waals surface area contributed by atoms with Gasteiger partial charge in [-0.3, -0.25) is 0 Å². The van der Waals surface area contributed by atoms with Crippen molar-refractivity contribution in [2.75, 3.05) is 12.4 Å². The fourth-order valence-corrected chi connectivity index (χ4v) is 1.75. The zero-order valence-corrected chi connectivity index (χ0v) is 10.9. The van der Waals surface area contributed by atoms with Crippen molar-refractivity contribution in [1.29, 1.82) is 0 Å². The minimum atomic E-state index is 0. The monoisotopic (exact) mass is 247 g/mol. The fraction of sp³-hybridized carbons (Fsp3) is 0.500. The van der Waals surface area contributed by atoms with Gasteiger partial charge in [-0.15, -0.1) is 11.6 Å². The van der Waals surface area contributed by atoms with E-state index >= 15 is 0 Å². The molecule has 86 valence electrons. The third-order valence-corrected chi connectivity index (χ3v) is 2.53. The number of nitrogens with two attached hydrogens (primary N) is 1. The predicted molar refractivity (Wildman–Crippen MR) is 61.7 cm³/mol. The van der Waals surface area contributed by atoms with Gasteiger partial charge in [-0.25, -0.2) is 0 Å². The number of alkyl halides is 1. The SMILES string of the molecule is CC(C)(Cc1ccccc1)[NH2+]CCCl.[Cl-]. The lowest BCUT2D eigenvalue weighted by molar-refractivity contribution is -0.717. The van der Waals surface area contributed by atoms with E-state index in [2.05, 4.69) is 49.5 Å². The lowest BCUT2D eigenvalue weighted by atomic mass is 9.95. The first-order chi connectivity index (χ1) is 6.64. The van der Waals surface area contributed by atoms with Gasteiger partial charge in [-0.05, 0) is 19.4 Å². The highest BCUT2D eigenvalue weighted by molar-refractivity contribution is 6.17. The number of halogens is 2. The largest absolute Gasteiger partial charge is 1.00 e. The summed E-state index contributed by atoms with van der Waals surface area (Å²) < 4.78 is 0. The Labute approximate surface area is 104 Å². The molecule has 2 N–H and O–H groups in total. The van der Waals surface area contributed by atoms with Gasteiger partial charge in [0.05, 0.1) is 18.0 Å². The van der Waals surface area contributed by atoms with Crippen LogP contribution in [0.25, 0.3) is 0 Å². The quantitative estimate of drug-likeness (QED) is 0.631. The van der Waals surface area contributed by atoms with Crippen LogP contribution in [0.3, 0.4) is 0 Å². The lowest BCUT2D eigenvalue weighted by Crippen LogP contribution is -3.00. The normalized spacial score (nSPS) is 10.9. The molecular weight excluding hydrogens is 229 g/mol. The minimum absolute atomic E-state index is 0. The molecule has 0 bridgehead atoms. The Bertz CT molecular complexity index is 260. The smallest absolute Gasteiger partial charge is 0.0945 e. The van der Waals surface area contributed by atoms with E-state index < -0.39 is 0 Å². The molecule has 0 amide bonds. The van der Waals surface area contributed by atoms with Crippen LogP contribution in [-0.4, -0.2) is 18.0 Å². The van der Waals surface area contributed by atoms with Gasteiger partial charge in [0.15, 0.2) is 0 Å². The highest BCUT2D eigenvalue weighted by Crippen LogP contribution is 2.07. The molecule has 0 heterocycles. The van der Waals surface area contributed by atoms with Crippen molar-refractivity contribution >= 4 is 11.6 Å². The van der Waals surface area contributed by atoms with Crippen molar-refractivity contribution < 1.29 is 17.7 Å². The van der Waals surface area contributed by atoms with Crippen LogP contribution in [0.1, 0.15) is 19.4 Å². The van der Waals surface area contributed by atoms with Gasteiger partial charge >= 0.3 is 0 Å². The van der Waals surface area contributed by atoms with Crippen molar-refractivity contribution in [3.63, 3.8) is 0 Å². The van der Waals surface area contributed by atoms with Crippen molar-refractivity contribution in [1.82, 2.24) is 0 Å². The second kappa shape index (κ2) is 7.10. The number of hydrogen-bond acceptors (Lipinski definition) is 0. The maximum atomic E-state index is 5.68. The van der Waals surface area contributed by atoms with Crippen LogP contribution < -0.4 is 17.7 Å². The summed E-state index contributed by atoms with van der Waals surface area (Å²) in [5.74, 6) is 0.720. The van der Waals surface area contributed by atoms with E-state index in [4.69, 9.17) is 11.6 Å². The van der Waals surface area contributed by atoms with Gasteiger partial charge in [-0.2, -0.15) is 0 Å². The average Bonchev–Trinajstić information content (AvgIpc) is 2.16. The first-order valence-electron chi connectivity index (χ1n) is 5.08. The van der Waals surface area contributed by atoms with Crippen LogP contribution >= 0.6 is 11.6 Å². The van der Waals surface area contributed by atoms with Gasteiger partial charge in [0, 0.05) is 6.42 Å². The molecule has 0 aromatic heterocycles. The van der Waals surface area contributed by atoms with Crippen LogP contribution in [-0.2, 0) is 6.42 Å². The standard InChI is InChI=1S/C12H18ClN.ClH/c1-12(2,14-9-8-13)10-11-6-4-3-5-7-11;/h3-7,14H,8-10H2,1-2H3;1H. The predicted octanol–water partition coefficient (Wildman–Crippen LogP) is -1.19. The Hall–Kier alpha value is -0.240. The molecule has 0 saturated carbocycles. The van der Waals surface area contributed by atoms with Crippen LogP contribution in [0, 0.1) is 0 Å². The molecule has 0 unspecified atom stereocenters. The molecule has 15 heavy (non-hydrogen) atoms. The molecule has 1 nitrogen and oxygen atoms in total. The molecular formula is C12H19Cl2N. The maximum absolute atomic E-state index is 5.68. The molecule has 3 heteroatoms. The van der Waals surface area contributed by atoms with Crippen LogP contribution in [0.2, 0.25) is 0 Å². The zero-order valence-electron chi connectivity index (χ0n) is 9.34. The molecule has 0 atom stereocenters. The van der Waals surface area contributed by atoms with E-state index in [1.165, 1.54) is 5.56 Å². The average molecular weight is 248 g/mol. The topological polar surface area (TPSA) is 16.6 Å². The molecule has 1 aromatic rings. The zero-order chi connectivity index (χ0) is 10.4. The second-order valence-electron chi connectivity index (χ2n) is 4.33. The highest BCUT2D eigenvalue weighted by atomic mass is 35.5. The van der Waals surface area contributed by atoms with Crippen molar-refractivity contribution in [3.05, 3.63) is 35.9 Å². The molecule has 1 rings (SSSR count). The molecule has 0 aliphatic rings. The van der Waals surface area contributed by atoms with Crippen molar-refractivity contribution in [2.24, 2.45) is 0 Å². The number of quaternary nitrogens is 1. The molecule has 0 fully saturated rings. The summed E-state index contributed by atoms with van der Waals surface area (Å²) in [7, 11) is 0. The van der Waals surface area contributed by atoms with E-state index in [-0.39, 0.29) is 17.9 Å². The number of benzene rings is 1. The summed E-state index contributed by atoms with van der Waals surface area (Å²) in [6.45, 7) is 5.50. The first-order valence-corrected chi connectivity index (χ1v) is 5.62. The van der Waals surface area contributed by atoms with Gasteiger partial charge < -0.3 is 17.7 Å². The third-order valence-electron chi connectivity index (χ3n) is 2.31. The Kier molecular flexibility index (Phi) is 6.99. The van der Waals surface area contributed by atoms with E-state index in [1.807, 2.05) is 0 Å². The van der Waals surface area contributed by atoms with Crippen molar-refractivity contribution in [3.8, 4) is 0 Å². The summed E-state index contributed by atoms with van der Waals surface area (Å²) in [5.41, 5.74) is 1.64. The molecule has 0 aliphatic heterocycles.